The Kier molecular flexibility index (Phi) is 5.60. The zero-order valence-electron chi connectivity index (χ0n) is 19.3. The highest BCUT2D eigenvalue weighted by Gasteiger charge is 2.36. The number of carbonyl (C=O) groups excluding carboxylic acids is 1. The largest absolute Gasteiger partial charge is 0.341 e. The van der Waals surface area contributed by atoms with E-state index in [0.29, 0.717) is 11.8 Å². The van der Waals surface area contributed by atoms with Gasteiger partial charge >= 0.3 is 0 Å². The van der Waals surface area contributed by atoms with Gasteiger partial charge in [-0.3, -0.25) is 14.9 Å². The van der Waals surface area contributed by atoms with Gasteiger partial charge in [0.2, 0.25) is 11.9 Å². The maximum absolute atomic E-state index is 13.3. The first kappa shape index (κ1) is 21.1. The number of anilines is 3. The number of amides is 1. The molecule has 6 rings (SSSR count). The summed E-state index contributed by atoms with van der Waals surface area (Å²) in [6, 6.07) is 7.59. The second-order valence-corrected chi connectivity index (χ2v) is 9.40. The number of aryl methyl sites for hydroxylation is 1. The predicted molar refractivity (Wildman–Crippen MR) is 130 cm³/mol. The number of likely N-dealkylation sites (tertiary alicyclic amines) is 1. The molecule has 3 aliphatic rings. The highest BCUT2D eigenvalue weighted by Crippen LogP contribution is 2.33. The van der Waals surface area contributed by atoms with E-state index >= 15 is 0 Å². The van der Waals surface area contributed by atoms with Gasteiger partial charge in [0.15, 0.2) is 5.82 Å². The monoisotopic (exact) mass is 458 g/mol. The topological polar surface area (TPSA) is 103 Å². The molecule has 0 unspecified atom stereocenters. The Morgan fingerprint density at radius 1 is 1.03 bits per heavy atom. The van der Waals surface area contributed by atoms with Crippen LogP contribution in [0.15, 0.2) is 30.5 Å². The smallest absolute Gasteiger partial charge is 0.245 e. The fourth-order valence-corrected chi connectivity index (χ4v) is 5.40. The Balaban J connectivity index is 1.27. The molecular weight excluding hydrogens is 428 g/mol. The average Bonchev–Trinajstić information content (AvgIpc) is 3.65. The lowest BCUT2D eigenvalue weighted by atomic mass is 10.1. The SMILES string of the molecule is O=C([C@@H]1CCCN1c1nc2c(c(Nc3cc(-c4ccccn4)[nH]n3)n1)CCC2)N1CCCCC1. The molecule has 0 saturated carbocycles. The molecule has 1 aliphatic carbocycles. The third-order valence-electron chi connectivity index (χ3n) is 7.15. The minimum Gasteiger partial charge on any atom is -0.341 e. The van der Waals surface area contributed by atoms with Crippen LogP contribution in [0.2, 0.25) is 0 Å². The second-order valence-electron chi connectivity index (χ2n) is 9.40. The van der Waals surface area contributed by atoms with Gasteiger partial charge in [0, 0.05) is 37.5 Å². The van der Waals surface area contributed by atoms with Gasteiger partial charge in [-0.25, -0.2) is 4.98 Å². The Bertz CT molecular complexity index is 1170. The van der Waals surface area contributed by atoms with Crippen LogP contribution >= 0.6 is 0 Å². The van der Waals surface area contributed by atoms with E-state index in [1.807, 2.05) is 29.2 Å². The standard InChI is InChI=1S/C25H30N8O/c34-24(32-13-4-1-5-14-32)21-11-7-15-33(21)25-27-18-10-6-8-17(18)23(29-25)28-22-16-20(30-31-22)19-9-2-3-12-26-19/h2-3,9,12,16,21H,1,4-8,10-11,13-15H2,(H2,27,28,29,30,31)/t21-/m0/s1. The molecule has 0 spiro atoms. The van der Waals surface area contributed by atoms with Crippen LogP contribution < -0.4 is 10.2 Å². The van der Waals surface area contributed by atoms with Gasteiger partial charge in [-0.05, 0) is 63.5 Å². The minimum absolute atomic E-state index is 0.161. The number of hydrogen-bond donors (Lipinski definition) is 2. The number of nitrogens with zero attached hydrogens (tertiary/aromatic N) is 6. The summed E-state index contributed by atoms with van der Waals surface area (Å²) in [4.78, 5) is 31.8. The zero-order chi connectivity index (χ0) is 22.9. The first-order valence-corrected chi connectivity index (χ1v) is 12.5. The van der Waals surface area contributed by atoms with Crippen LogP contribution in [0.4, 0.5) is 17.6 Å². The van der Waals surface area contributed by atoms with Gasteiger partial charge in [-0.1, -0.05) is 6.07 Å². The van der Waals surface area contributed by atoms with Gasteiger partial charge in [-0.2, -0.15) is 10.1 Å². The molecule has 2 fully saturated rings. The Morgan fingerprint density at radius 2 is 1.94 bits per heavy atom. The van der Waals surface area contributed by atoms with E-state index in [1.165, 1.54) is 6.42 Å². The normalized spacial score (nSPS) is 19.9. The number of aromatic amines is 1. The molecule has 2 saturated heterocycles. The molecular formula is C25H30N8O. The molecule has 9 heteroatoms. The van der Waals surface area contributed by atoms with Gasteiger partial charge in [0.25, 0.3) is 0 Å². The summed E-state index contributed by atoms with van der Waals surface area (Å²) in [6.07, 6.45) is 10.0. The summed E-state index contributed by atoms with van der Waals surface area (Å²) in [5, 5.41) is 10.9. The quantitative estimate of drug-likeness (QED) is 0.603. The number of pyridine rings is 1. The Hall–Kier alpha value is -3.49. The number of fused-ring (bicyclic) bond motifs is 1. The minimum atomic E-state index is -0.161. The molecule has 0 aromatic carbocycles. The average molecular weight is 459 g/mol. The molecule has 0 radical (unpaired) electrons. The van der Waals surface area contributed by atoms with E-state index in [1.54, 1.807) is 6.20 Å². The van der Waals surface area contributed by atoms with Crippen LogP contribution in [-0.2, 0) is 17.6 Å². The van der Waals surface area contributed by atoms with Gasteiger partial charge in [0.05, 0.1) is 17.1 Å². The van der Waals surface area contributed by atoms with Crippen molar-refractivity contribution in [2.75, 3.05) is 29.9 Å². The van der Waals surface area contributed by atoms with Crippen molar-refractivity contribution in [1.29, 1.82) is 0 Å². The third-order valence-corrected chi connectivity index (χ3v) is 7.15. The highest BCUT2D eigenvalue weighted by atomic mass is 16.2. The Labute approximate surface area is 199 Å². The van der Waals surface area contributed by atoms with Crippen molar-refractivity contribution in [2.24, 2.45) is 0 Å². The van der Waals surface area contributed by atoms with Crippen LogP contribution in [0.3, 0.4) is 0 Å². The molecule has 2 aliphatic heterocycles. The third kappa shape index (κ3) is 3.99. The number of nitrogens with one attached hydrogen (secondary N) is 2. The molecule has 34 heavy (non-hydrogen) atoms. The number of piperidine rings is 1. The van der Waals surface area contributed by atoms with Gasteiger partial charge in [-0.15, -0.1) is 0 Å². The van der Waals surface area contributed by atoms with E-state index in [9.17, 15) is 4.79 Å². The zero-order valence-corrected chi connectivity index (χ0v) is 19.3. The fraction of sp³-hybridized carbons (Fsp3) is 0.480. The molecule has 9 nitrogen and oxygen atoms in total. The van der Waals surface area contributed by atoms with Crippen LogP contribution in [0, 0.1) is 0 Å². The molecule has 5 heterocycles. The van der Waals surface area contributed by atoms with E-state index in [4.69, 9.17) is 9.97 Å². The Morgan fingerprint density at radius 3 is 2.79 bits per heavy atom. The van der Waals surface area contributed by atoms with Crippen LogP contribution in [0.1, 0.15) is 49.8 Å². The molecule has 1 amide bonds. The van der Waals surface area contributed by atoms with E-state index < -0.39 is 0 Å². The van der Waals surface area contributed by atoms with E-state index in [2.05, 4.69) is 25.4 Å². The maximum Gasteiger partial charge on any atom is 0.245 e. The number of hydrogen-bond acceptors (Lipinski definition) is 7. The van der Waals surface area contributed by atoms with Crippen molar-refractivity contribution in [3.63, 3.8) is 0 Å². The molecule has 2 N–H and O–H groups in total. The van der Waals surface area contributed by atoms with Crippen molar-refractivity contribution in [2.45, 2.75) is 57.4 Å². The molecule has 1 atom stereocenters. The number of aromatic nitrogens is 5. The van der Waals surface area contributed by atoms with Crippen LogP contribution in [0.25, 0.3) is 11.4 Å². The van der Waals surface area contributed by atoms with Crippen LogP contribution in [0.5, 0.6) is 0 Å². The van der Waals surface area contributed by atoms with Crippen LogP contribution in [-0.4, -0.2) is 61.6 Å². The lowest BCUT2D eigenvalue weighted by Crippen LogP contribution is -2.48. The van der Waals surface area contributed by atoms with E-state index in [-0.39, 0.29) is 11.9 Å². The van der Waals surface area contributed by atoms with Crippen molar-refractivity contribution in [3.8, 4) is 11.4 Å². The van der Waals surface area contributed by atoms with Gasteiger partial charge < -0.3 is 15.1 Å². The first-order valence-electron chi connectivity index (χ1n) is 12.5. The van der Waals surface area contributed by atoms with Crippen molar-refractivity contribution in [1.82, 2.24) is 30.0 Å². The number of carbonyl (C=O) groups is 1. The summed E-state index contributed by atoms with van der Waals surface area (Å²) >= 11 is 0. The summed E-state index contributed by atoms with van der Waals surface area (Å²) in [5.41, 5.74) is 3.93. The first-order chi connectivity index (χ1) is 16.8. The lowest BCUT2D eigenvalue weighted by Gasteiger charge is -2.32. The van der Waals surface area contributed by atoms with Gasteiger partial charge in [0.1, 0.15) is 11.9 Å². The summed E-state index contributed by atoms with van der Waals surface area (Å²) in [7, 11) is 0. The fourth-order valence-electron chi connectivity index (χ4n) is 5.40. The summed E-state index contributed by atoms with van der Waals surface area (Å²) in [5.74, 6) is 2.40. The second kappa shape index (κ2) is 9.04. The highest BCUT2D eigenvalue weighted by molar-refractivity contribution is 5.85. The van der Waals surface area contributed by atoms with Crippen molar-refractivity contribution < 1.29 is 4.79 Å². The maximum atomic E-state index is 13.3. The molecule has 3 aromatic heterocycles. The summed E-state index contributed by atoms with van der Waals surface area (Å²) < 4.78 is 0. The lowest BCUT2D eigenvalue weighted by molar-refractivity contribution is -0.133. The number of rotatable bonds is 5. The van der Waals surface area contributed by atoms with Crippen molar-refractivity contribution >= 4 is 23.5 Å². The summed E-state index contributed by atoms with van der Waals surface area (Å²) in [6.45, 7) is 2.56. The molecule has 3 aromatic rings. The molecule has 0 bridgehead atoms. The molecule has 176 valence electrons. The van der Waals surface area contributed by atoms with Crippen molar-refractivity contribution in [3.05, 3.63) is 41.7 Å². The van der Waals surface area contributed by atoms with E-state index in [0.717, 1.165) is 93.0 Å². The number of H-pyrrole nitrogens is 1. The predicted octanol–water partition coefficient (Wildman–Crippen LogP) is 3.48.